The first-order valence-electron chi connectivity index (χ1n) is 8.96. The minimum atomic E-state index is -0.122. The second kappa shape index (κ2) is 6.75. The Bertz CT molecular complexity index is 831. The Morgan fingerprint density at radius 2 is 1.80 bits per heavy atom. The van der Waals surface area contributed by atoms with Crippen LogP contribution in [-0.2, 0) is 4.79 Å². The number of aromatic nitrogens is 2. The number of anilines is 1. The molecule has 1 fully saturated rings. The number of carbonyl (C=O) groups is 1. The Morgan fingerprint density at radius 1 is 1.08 bits per heavy atom. The summed E-state index contributed by atoms with van der Waals surface area (Å²) in [6, 6.07) is 8.50. The highest BCUT2D eigenvalue weighted by molar-refractivity contribution is 8.00. The number of thioether (sulfide) groups is 1. The van der Waals surface area contributed by atoms with Gasteiger partial charge in [0.15, 0.2) is 0 Å². The van der Waals surface area contributed by atoms with Crippen LogP contribution in [0, 0.1) is 6.92 Å². The highest BCUT2D eigenvalue weighted by Gasteiger charge is 2.32. The highest BCUT2D eigenvalue weighted by Crippen LogP contribution is 2.41. The maximum Gasteiger partial charge on any atom is 0.270 e. The van der Waals surface area contributed by atoms with E-state index in [1.54, 1.807) is 0 Å². The third kappa shape index (κ3) is 3.15. The van der Waals surface area contributed by atoms with E-state index < -0.39 is 0 Å². The monoisotopic (exact) mass is 357 g/mol. The van der Waals surface area contributed by atoms with E-state index in [4.69, 9.17) is 0 Å². The summed E-state index contributed by atoms with van der Waals surface area (Å²) in [5, 5.41) is 5.89. The molecule has 6 heteroatoms. The molecule has 1 saturated carbocycles. The van der Waals surface area contributed by atoms with E-state index in [1.165, 1.54) is 36.6 Å². The summed E-state index contributed by atoms with van der Waals surface area (Å²) in [5.41, 5.74) is 2.86. The van der Waals surface area contributed by atoms with Crippen LogP contribution in [0.15, 0.2) is 29.1 Å². The van der Waals surface area contributed by atoms with Crippen molar-refractivity contribution in [3.63, 3.8) is 0 Å². The molecule has 0 spiro atoms. The minimum Gasteiger partial charge on any atom is -0.310 e. The summed E-state index contributed by atoms with van der Waals surface area (Å²) >= 11 is 1.52. The number of nitrogens with one attached hydrogen (secondary N) is 2. The SMILES string of the molecule is Cc1ccc([C@@H]2SCC(=O)Nc3c2c(=O)[nH]n3C2CCCCC2)cc1. The largest absolute Gasteiger partial charge is 0.310 e. The third-order valence-corrected chi connectivity index (χ3v) is 6.45. The van der Waals surface area contributed by atoms with Gasteiger partial charge in [0.1, 0.15) is 5.82 Å². The van der Waals surface area contributed by atoms with Crippen molar-refractivity contribution in [1.82, 2.24) is 9.78 Å². The van der Waals surface area contributed by atoms with Crippen molar-refractivity contribution in [3.8, 4) is 0 Å². The summed E-state index contributed by atoms with van der Waals surface area (Å²) in [4.78, 5) is 25.1. The molecule has 2 N–H and O–H groups in total. The van der Waals surface area contributed by atoms with E-state index in [2.05, 4.69) is 34.7 Å². The average molecular weight is 357 g/mol. The van der Waals surface area contributed by atoms with Crippen molar-refractivity contribution < 1.29 is 4.79 Å². The van der Waals surface area contributed by atoms with E-state index in [0.29, 0.717) is 17.1 Å². The van der Waals surface area contributed by atoms with Crippen LogP contribution >= 0.6 is 11.8 Å². The Morgan fingerprint density at radius 3 is 2.52 bits per heavy atom. The minimum absolute atomic E-state index is 0.0376. The molecule has 1 aromatic heterocycles. The molecule has 1 aliphatic carbocycles. The molecular formula is C19H23N3O2S. The molecule has 0 saturated heterocycles. The molecule has 2 aliphatic rings. The van der Waals surface area contributed by atoms with Gasteiger partial charge in [0.05, 0.1) is 22.6 Å². The van der Waals surface area contributed by atoms with Gasteiger partial charge in [-0.15, -0.1) is 11.8 Å². The molecule has 1 amide bonds. The first-order chi connectivity index (χ1) is 12.1. The predicted octanol–water partition coefficient (Wildman–Crippen LogP) is 3.76. The lowest BCUT2D eigenvalue weighted by molar-refractivity contribution is -0.113. The molecule has 4 rings (SSSR count). The molecule has 132 valence electrons. The zero-order valence-electron chi connectivity index (χ0n) is 14.4. The fourth-order valence-electron chi connectivity index (χ4n) is 3.86. The molecule has 2 heterocycles. The van der Waals surface area contributed by atoms with E-state index in [-0.39, 0.29) is 22.8 Å². The zero-order chi connectivity index (χ0) is 17.4. The Labute approximate surface area is 151 Å². The molecule has 0 bridgehead atoms. The molecule has 5 nitrogen and oxygen atoms in total. The van der Waals surface area contributed by atoms with E-state index in [0.717, 1.165) is 18.4 Å². The average Bonchev–Trinajstić information content (AvgIpc) is 2.83. The summed E-state index contributed by atoms with van der Waals surface area (Å²) in [7, 11) is 0. The van der Waals surface area contributed by atoms with Crippen molar-refractivity contribution in [2.45, 2.75) is 50.3 Å². The lowest BCUT2D eigenvalue weighted by atomic mass is 9.95. The number of H-pyrrole nitrogens is 1. The Hall–Kier alpha value is -1.95. The quantitative estimate of drug-likeness (QED) is 0.860. The van der Waals surface area contributed by atoms with Crippen LogP contribution in [0.4, 0.5) is 5.82 Å². The lowest BCUT2D eigenvalue weighted by Gasteiger charge is -2.24. The Balaban J connectivity index is 1.81. The van der Waals surface area contributed by atoms with Gasteiger partial charge < -0.3 is 5.32 Å². The number of aromatic amines is 1. The second-order valence-electron chi connectivity index (χ2n) is 7.01. The summed E-state index contributed by atoms with van der Waals surface area (Å²) in [5.74, 6) is 0.999. The van der Waals surface area contributed by atoms with Crippen LogP contribution in [0.5, 0.6) is 0 Å². The molecule has 1 aromatic carbocycles. The normalized spacial score (nSPS) is 21.5. The highest BCUT2D eigenvalue weighted by atomic mass is 32.2. The topological polar surface area (TPSA) is 66.9 Å². The molecular weight excluding hydrogens is 334 g/mol. The van der Waals surface area contributed by atoms with Gasteiger partial charge in [0, 0.05) is 0 Å². The third-order valence-electron chi connectivity index (χ3n) is 5.18. The maximum atomic E-state index is 12.8. The number of fused-ring (bicyclic) bond motifs is 1. The zero-order valence-corrected chi connectivity index (χ0v) is 15.2. The number of hydrogen-bond donors (Lipinski definition) is 2. The van der Waals surface area contributed by atoms with Gasteiger partial charge in [0.2, 0.25) is 5.91 Å². The van der Waals surface area contributed by atoms with E-state index in [9.17, 15) is 9.59 Å². The fourth-order valence-corrected chi connectivity index (χ4v) is 4.99. The van der Waals surface area contributed by atoms with Crippen molar-refractivity contribution >= 4 is 23.5 Å². The van der Waals surface area contributed by atoms with Gasteiger partial charge in [0.25, 0.3) is 5.56 Å². The van der Waals surface area contributed by atoms with Gasteiger partial charge in [-0.25, -0.2) is 0 Å². The van der Waals surface area contributed by atoms with Gasteiger partial charge in [-0.3, -0.25) is 19.4 Å². The van der Waals surface area contributed by atoms with Crippen molar-refractivity contribution in [3.05, 3.63) is 51.3 Å². The van der Waals surface area contributed by atoms with Crippen molar-refractivity contribution in [2.75, 3.05) is 11.1 Å². The van der Waals surface area contributed by atoms with Crippen LogP contribution in [0.1, 0.15) is 60.1 Å². The number of rotatable bonds is 2. The van der Waals surface area contributed by atoms with Crippen LogP contribution in [-0.4, -0.2) is 21.4 Å². The Kier molecular flexibility index (Phi) is 4.46. The molecule has 25 heavy (non-hydrogen) atoms. The predicted molar refractivity (Wildman–Crippen MR) is 101 cm³/mol. The number of hydrogen-bond acceptors (Lipinski definition) is 3. The summed E-state index contributed by atoms with van der Waals surface area (Å²) < 4.78 is 1.93. The summed E-state index contributed by atoms with van der Waals surface area (Å²) in [6.07, 6.45) is 5.69. The fraction of sp³-hybridized carbons (Fsp3) is 0.474. The van der Waals surface area contributed by atoms with E-state index >= 15 is 0 Å². The molecule has 0 radical (unpaired) electrons. The maximum absolute atomic E-state index is 12.8. The number of benzene rings is 1. The standard InChI is InChI=1S/C19H23N3O2S/c1-12-7-9-13(10-8-12)17-16-18(20-15(23)11-25-17)22(21-19(16)24)14-5-3-2-4-6-14/h7-10,14,17H,2-6,11H2,1H3,(H,20,23)(H,21,24)/t17-/m0/s1. The number of amides is 1. The van der Waals surface area contributed by atoms with Crippen LogP contribution < -0.4 is 10.9 Å². The van der Waals surface area contributed by atoms with Crippen molar-refractivity contribution in [1.29, 1.82) is 0 Å². The van der Waals surface area contributed by atoms with Crippen LogP contribution in [0.25, 0.3) is 0 Å². The number of carbonyl (C=O) groups excluding carboxylic acids is 1. The van der Waals surface area contributed by atoms with Gasteiger partial charge >= 0.3 is 0 Å². The van der Waals surface area contributed by atoms with Crippen LogP contribution in [0.2, 0.25) is 0 Å². The number of nitrogens with zero attached hydrogens (tertiary/aromatic N) is 1. The first-order valence-corrected chi connectivity index (χ1v) is 10.0. The van der Waals surface area contributed by atoms with Gasteiger partial charge in [-0.1, -0.05) is 49.1 Å². The van der Waals surface area contributed by atoms with Crippen molar-refractivity contribution in [2.24, 2.45) is 0 Å². The molecule has 0 unspecified atom stereocenters. The smallest absolute Gasteiger partial charge is 0.270 e. The number of aryl methyl sites for hydroxylation is 1. The molecule has 2 aromatic rings. The first kappa shape index (κ1) is 16.5. The van der Waals surface area contributed by atoms with Crippen LogP contribution in [0.3, 0.4) is 0 Å². The summed E-state index contributed by atoms with van der Waals surface area (Å²) in [6.45, 7) is 2.05. The van der Waals surface area contributed by atoms with E-state index in [1.807, 2.05) is 11.6 Å². The lowest BCUT2D eigenvalue weighted by Crippen LogP contribution is -2.21. The van der Waals surface area contributed by atoms with Gasteiger partial charge in [-0.2, -0.15) is 0 Å². The molecule has 1 aliphatic heterocycles. The van der Waals surface area contributed by atoms with Gasteiger partial charge in [-0.05, 0) is 25.3 Å². The second-order valence-corrected chi connectivity index (χ2v) is 8.11. The molecule has 1 atom stereocenters.